The van der Waals surface area contributed by atoms with E-state index in [0.717, 1.165) is 36.4 Å². The molecule has 1 fully saturated rings. The zero-order valence-corrected chi connectivity index (χ0v) is 12.2. The molecule has 1 aromatic carbocycles. The normalized spacial score (nSPS) is 18.2. The Balaban J connectivity index is 1.65. The lowest BCUT2D eigenvalue weighted by Crippen LogP contribution is -2.31. The van der Waals surface area contributed by atoms with Crippen LogP contribution in [0.3, 0.4) is 0 Å². The molecule has 7 heteroatoms. The first kappa shape index (κ1) is 13.0. The third kappa shape index (κ3) is 2.05. The number of hydrogen-bond acceptors (Lipinski definition) is 4. The van der Waals surface area contributed by atoms with Crippen molar-refractivity contribution in [1.82, 2.24) is 30.3 Å². The number of aromatic amines is 2. The molecule has 0 unspecified atom stereocenters. The van der Waals surface area contributed by atoms with E-state index in [1.807, 2.05) is 17.9 Å². The number of imidazole rings is 1. The average molecular weight is 296 g/mol. The van der Waals surface area contributed by atoms with Gasteiger partial charge in [-0.2, -0.15) is 15.4 Å². The van der Waals surface area contributed by atoms with Gasteiger partial charge in [0.1, 0.15) is 16.9 Å². The number of aryl methyl sites for hydroxylation is 1. The summed E-state index contributed by atoms with van der Waals surface area (Å²) in [6.45, 7) is 2.72. The van der Waals surface area contributed by atoms with Crippen LogP contribution in [-0.2, 0) is 0 Å². The van der Waals surface area contributed by atoms with Crippen molar-refractivity contribution in [2.45, 2.75) is 25.8 Å². The Bertz CT molecular complexity index is 835. The molecule has 22 heavy (non-hydrogen) atoms. The van der Waals surface area contributed by atoms with Crippen molar-refractivity contribution >= 4 is 16.9 Å². The first-order valence-corrected chi connectivity index (χ1v) is 7.35. The van der Waals surface area contributed by atoms with Crippen molar-refractivity contribution in [1.29, 1.82) is 0 Å². The highest BCUT2D eigenvalue weighted by Gasteiger charge is 2.32. The topological polar surface area (TPSA) is 90.6 Å². The molecule has 2 aromatic heterocycles. The van der Waals surface area contributed by atoms with E-state index in [9.17, 15) is 4.79 Å². The zero-order valence-electron chi connectivity index (χ0n) is 12.2. The van der Waals surface area contributed by atoms with Crippen molar-refractivity contribution in [2.75, 3.05) is 6.54 Å². The highest BCUT2D eigenvalue weighted by Crippen LogP contribution is 2.31. The van der Waals surface area contributed by atoms with Crippen LogP contribution in [0.1, 0.15) is 40.8 Å². The fourth-order valence-electron chi connectivity index (χ4n) is 3.04. The van der Waals surface area contributed by atoms with Crippen LogP contribution < -0.4 is 0 Å². The summed E-state index contributed by atoms with van der Waals surface area (Å²) in [6, 6.07) is 5.42. The number of nitrogens with one attached hydrogen (secondary N) is 2. The first-order valence-electron chi connectivity index (χ1n) is 7.35. The number of benzene rings is 1. The average Bonchev–Trinajstić information content (AvgIpc) is 3.25. The predicted molar refractivity (Wildman–Crippen MR) is 80.2 cm³/mol. The van der Waals surface area contributed by atoms with E-state index in [1.165, 1.54) is 0 Å². The number of fused-ring (bicyclic) bond motifs is 1. The summed E-state index contributed by atoms with van der Waals surface area (Å²) in [5, 5.41) is 10.6. The molecule has 4 rings (SSSR count). The zero-order chi connectivity index (χ0) is 15.1. The minimum absolute atomic E-state index is 0.0152. The van der Waals surface area contributed by atoms with Crippen LogP contribution in [0.2, 0.25) is 0 Å². The number of nitrogens with zero attached hydrogens (tertiary/aromatic N) is 4. The Kier molecular flexibility index (Phi) is 2.92. The number of likely N-dealkylation sites (tertiary alicyclic amines) is 1. The molecule has 1 amide bonds. The van der Waals surface area contributed by atoms with Gasteiger partial charge in [-0.05, 0) is 38.0 Å². The molecule has 0 saturated carbocycles. The maximum absolute atomic E-state index is 12.8. The Morgan fingerprint density at radius 1 is 1.32 bits per heavy atom. The molecule has 0 spiro atoms. The molecule has 7 nitrogen and oxygen atoms in total. The van der Waals surface area contributed by atoms with E-state index in [4.69, 9.17) is 0 Å². The van der Waals surface area contributed by atoms with Crippen molar-refractivity contribution in [3.63, 3.8) is 0 Å². The van der Waals surface area contributed by atoms with E-state index in [0.29, 0.717) is 11.1 Å². The van der Waals surface area contributed by atoms with Crippen LogP contribution in [0.4, 0.5) is 0 Å². The summed E-state index contributed by atoms with van der Waals surface area (Å²) >= 11 is 0. The fraction of sp³-hybridized carbons (Fsp3) is 0.333. The smallest absolute Gasteiger partial charge is 0.254 e. The molecule has 0 bridgehead atoms. The minimum atomic E-state index is 0.0152. The first-order chi connectivity index (χ1) is 10.7. The second-order valence-electron chi connectivity index (χ2n) is 5.64. The molecular weight excluding hydrogens is 280 g/mol. The van der Waals surface area contributed by atoms with Gasteiger partial charge in [-0.3, -0.25) is 4.79 Å². The summed E-state index contributed by atoms with van der Waals surface area (Å²) in [6.07, 6.45) is 3.73. The monoisotopic (exact) mass is 296 g/mol. The van der Waals surface area contributed by atoms with Gasteiger partial charge in [0, 0.05) is 24.0 Å². The van der Waals surface area contributed by atoms with Crippen LogP contribution in [0.15, 0.2) is 24.4 Å². The summed E-state index contributed by atoms with van der Waals surface area (Å²) in [4.78, 5) is 22.4. The van der Waals surface area contributed by atoms with Crippen molar-refractivity contribution < 1.29 is 4.79 Å². The standard InChI is InChI=1S/C15H16N6O/c1-9-8-16-14(17-9)13-3-2-6-21(13)15(22)10-4-5-11-12(7-10)19-20-18-11/h4-5,7-8,13H,2-3,6H2,1H3,(H,16,17)(H,18,19,20)/t13-/m1/s1. The van der Waals surface area contributed by atoms with Gasteiger partial charge in [0.25, 0.3) is 5.91 Å². The maximum Gasteiger partial charge on any atom is 0.254 e. The Morgan fingerprint density at radius 2 is 2.18 bits per heavy atom. The van der Waals surface area contributed by atoms with Gasteiger partial charge < -0.3 is 9.88 Å². The highest BCUT2D eigenvalue weighted by atomic mass is 16.2. The molecule has 1 saturated heterocycles. The Labute approximate surface area is 126 Å². The van der Waals surface area contributed by atoms with Crippen LogP contribution >= 0.6 is 0 Å². The van der Waals surface area contributed by atoms with E-state index in [1.54, 1.807) is 18.3 Å². The molecule has 1 atom stereocenters. The summed E-state index contributed by atoms with van der Waals surface area (Å²) in [5.74, 6) is 0.882. The van der Waals surface area contributed by atoms with Gasteiger partial charge in [0.2, 0.25) is 0 Å². The number of carbonyl (C=O) groups is 1. The van der Waals surface area contributed by atoms with Crippen LogP contribution in [-0.4, -0.2) is 42.7 Å². The van der Waals surface area contributed by atoms with Gasteiger partial charge in [-0.15, -0.1) is 0 Å². The number of aromatic nitrogens is 5. The number of rotatable bonds is 2. The molecular formula is C15H16N6O. The largest absolute Gasteiger partial charge is 0.344 e. The van der Waals surface area contributed by atoms with Crippen LogP contribution in [0, 0.1) is 6.92 Å². The van der Waals surface area contributed by atoms with Gasteiger partial charge >= 0.3 is 0 Å². The molecule has 1 aliphatic rings. The number of amides is 1. The van der Waals surface area contributed by atoms with Crippen molar-refractivity contribution in [3.05, 3.63) is 41.5 Å². The van der Waals surface area contributed by atoms with Crippen LogP contribution in [0.25, 0.3) is 11.0 Å². The van der Waals surface area contributed by atoms with E-state index in [-0.39, 0.29) is 11.9 Å². The molecule has 3 aromatic rings. The molecule has 0 radical (unpaired) electrons. The second kappa shape index (κ2) is 4.94. The highest BCUT2D eigenvalue weighted by molar-refractivity contribution is 5.97. The van der Waals surface area contributed by atoms with Crippen molar-refractivity contribution in [3.8, 4) is 0 Å². The molecule has 0 aliphatic carbocycles. The summed E-state index contributed by atoms with van der Waals surface area (Å²) in [7, 11) is 0. The van der Waals surface area contributed by atoms with Gasteiger partial charge in [0.15, 0.2) is 0 Å². The van der Waals surface area contributed by atoms with Gasteiger partial charge in [-0.25, -0.2) is 4.98 Å². The lowest BCUT2D eigenvalue weighted by molar-refractivity contribution is 0.0730. The fourth-order valence-corrected chi connectivity index (χ4v) is 3.04. The van der Waals surface area contributed by atoms with E-state index < -0.39 is 0 Å². The molecule has 1 aliphatic heterocycles. The second-order valence-corrected chi connectivity index (χ2v) is 5.64. The SMILES string of the molecule is Cc1cnc([C@H]2CCCN2C(=O)c2ccc3n[nH]nc3c2)[nH]1. The number of hydrogen-bond donors (Lipinski definition) is 2. The van der Waals surface area contributed by atoms with Crippen LogP contribution in [0.5, 0.6) is 0 Å². The van der Waals surface area contributed by atoms with Crippen molar-refractivity contribution in [2.24, 2.45) is 0 Å². The molecule has 3 heterocycles. The van der Waals surface area contributed by atoms with Gasteiger partial charge in [0.05, 0.1) is 6.04 Å². The third-order valence-electron chi connectivity index (χ3n) is 4.12. The van der Waals surface area contributed by atoms with E-state index in [2.05, 4.69) is 25.4 Å². The minimum Gasteiger partial charge on any atom is -0.344 e. The number of H-pyrrole nitrogens is 2. The summed E-state index contributed by atoms with van der Waals surface area (Å²) < 4.78 is 0. The Hall–Kier alpha value is -2.70. The maximum atomic E-state index is 12.8. The third-order valence-corrected chi connectivity index (χ3v) is 4.12. The lowest BCUT2D eigenvalue weighted by atomic mass is 10.1. The Morgan fingerprint density at radius 3 is 3.00 bits per heavy atom. The molecule has 112 valence electrons. The summed E-state index contributed by atoms with van der Waals surface area (Å²) in [5.41, 5.74) is 3.11. The molecule has 2 N–H and O–H groups in total. The quantitative estimate of drug-likeness (QED) is 0.756. The lowest BCUT2D eigenvalue weighted by Gasteiger charge is -2.23. The number of carbonyl (C=O) groups excluding carboxylic acids is 1. The van der Waals surface area contributed by atoms with Gasteiger partial charge in [-0.1, -0.05) is 0 Å². The predicted octanol–water partition coefficient (Wildman–Crippen LogP) is 1.97. The van der Waals surface area contributed by atoms with E-state index >= 15 is 0 Å².